The van der Waals surface area contributed by atoms with Crippen LogP contribution in [0.25, 0.3) is 0 Å². The maximum Gasteiger partial charge on any atom is 0.125 e. The molecule has 1 unspecified atom stereocenters. The molecule has 0 aliphatic carbocycles. The Morgan fingerprint density at radius 1 is 1.50 bits per heavy atom. The summed E-state index contributed by atoms with van der Waals surface area (Å²) in [6.45, 7) is 6.35. The van der Waals surface area contributed by atoms with E-state index < -0.39 is 0 Å². The molecule has 0 aliphatic rings. The van der Waals surface area contributed by atoms with Crippen molar-refractivity contribution in [3.8, 4) is 0 Å². The fourth-order valence-corrected chi connectivity index (χ4v) is 1.06. The number of hydrogen-bond acceptors (Lipinski definition) is 2. The first-order valence-electron chi connectivity index (χ1n) is 4.15. The summed E-state index contributed by atoms with van der Waals surface area (Å²) in [5.74, 6) is 0.947. The molecule has 1 aromatic rings. The lowest BCUT2D eigenvalue weighted by molar-refractivity contribution is 0.310. The van der Waals surface area contributed by atoms with Crippen LogP contribution in [0.4, 0.5) is 0 Å². The highest BCUT2D eigenvalue weighted by Gasteiger charge is 2.24. The first-order chi connectivity index (χ1) is 5.43. The van der Waals surface area contributed by atoms with Gasteiger partial charge in [-0.15, -0.1) is 0 Å². The molecule has 0 amide bonds. The Morgan fingerprint density at radius 3 is 2.42 bits per heavy atom. The Balaban J connectivity index is 2.92. The summed E-state index contributed by atoms with van der Waals surface area (Å²) in [6.07, 6.45) is 3.70. The zero-order chi connectivity index (χ0) is 9.35. The molecule has 0 bridgehead atoms. The van der Waals surface area contributed by atoms with Crippen LogP contribution in [0.3, 0.4) is 0 Å². The van der Waals surface area contributed by atoms with Gasteiger partial charge in [0.2, 0.25) is 0 Å². The second-order valence-corrected chi connectivity index (χ2v) is 4.24. The van der Waals surface area contributed by atoms with Crippen molar-refractivity contribution < 1.29 is 0 Å². The topological polar surface area (TPSA) is 43.8 Å². The Labute approximate surface area is 73.6 Å². The van der Waals surface area contributed by atoms with E-state index in [9.17, 15) is 0 Å². The summed E-state index contributed by atoms with van der Waals surface area (Å²) in [5.41, 5.74) is 6.10. The Morgan fingerprint density at radius 2 is 2.08 bits per heavy atom. The number of nitrogens with two attached hydrogens (primary N) is 1. The molecule has 1 atom stereocenters. The van der Waals surface area contributed by atoms with Gasteiger partial charge in [0.15, 0.2) is 0 Å². The van der Waals surface area contributed by atoms with Crippen LogP contribution in [0.5, 0.6) is 0 Å². The predicted octanol–water partition coefficient (Wildman–Crippen LogP) is 1.47. The average molecular weight is 167 g/mol. The lowest BCUT2D eigenvalue weighted by atomic mass is 9.87. The van der Waals surface area contributed by atoms with Gasteiger partial charge in [-0.2, -0.15) is 0 Å². The number of nitrogens with zero attached hydrogens (tertiary/aromatic N) is 2. The number of imidazole rings is 1. The van der Waals surface area contributed by atoms with Gasteiger partial charge in [0.1, 0.15) is 5.82 Å². The number of rotatable bonds is 1. The summed E-state index contributed by atoms with van der Waals surface area (Å²) >= 11 is 0. The smallest absolute Gasteiger partial charge is 0.125 e. The van der Waals surface area contributed by atoms with Crippen LogP contribution in [-0.4, -0.2) is 9.55 Å². The molecular formula is C9H17N3. The second kappa shape index (κ2) is 2.90. The van der Waals surface area contributed by atoms with Crippen molar-refractivity contribution in [3.05, 3.63) is 18.2 Å². The molecule has 0 aliphatic heterocycles. The highest BCUT2D eigenvalue weighted by atomic mass is 15.1. The van der Waals surface area contributed by atoms with Gasteiger partial charge in [-0.05, 0) is 5.41 Å². The Hall–Kier alpha value is -0.830. The molecule has 1 heterocycles. The third kappa shape index (κ3) is 1.67. The normalized spacial score (nSPS) is 14.8. The van der Waals surface area contributed by atoms with Gasteiger partial charge in [-0.25, -0.2) is 4.98 Å². The van der Waals surface area contributed by atoms with Gasteiger partial charge < -0.3 is 10.3 Å². The Bertz CT molecular complexity index is 257. The van der Waals surface area contributed by atoms with Crippen LogP contribution in [0.15, 0.2) is 12.4 Å². The second-order valence-electron chi connectivity index (χ2n) is 4.24. The van der Waals surface area contributed by atoms with E-state index in [2.05, 4.69) is 25.8 Å². The van der Waals surface area contributed by atoms with Crippen molar-refractivity contribution in [2.75, 3.05) is 0 Å². The monoisotopic (exact) mass is 167 g/mol. The van der Waals surface area contributed by atoms with E-state index in [-0.39, 0.29) is 11.5 Å². The summed E-state index contributed by atoms with van der Waals surface area (Å²) < 4.78 is 1.97. The van der Waals surface area contributed by atoms with E-state index in [1.54, 1.807) is 6.20 Å². The van der Waals surface area contributed by atoms with E-state index >= 15 is 0 Å². The zero-order valence-corrected chi connectivity index (χ0v) is 8.20. The lowest BCUT2D eigenvalue weighted by Gasteiger charge is -2.26. The first-order valence-corrected chi connectivity index (χ1v) is 4.15. The van der Waals surface area contributed by atoms with Crippen LogP contribution in [0.2, 0.25) is 0 Å². The summed E-state index contributed by atoms with van der Waals surface area (Å²) in [4.78, 5) is 4.22. The summed E-state index contributed by atoms with van der Waals surface area (Å²) in [7, 11) is 1.97. The highest BCUT2D eigenvalue weighted by Crippen LogP contribution is 2.28. The molecule has 2 N–H and O–H groups in total. The lowest BCUT2D eigenvalue weighted by Crippen LogP contribution is -2.28. The molecule has 68 valence electrons. The molecule has 0 saturated heterocycles. The van der Waals surface area contributed by atoms with Crippen molar-refractivity contribution in [1.29, 1.82) is 0 Å². The van der Waals surface area contributed by atoms with Gasteiger partial charge in [-0.1, -0.05) is 20.8 Å². The van der Waals surface area contributed by atoms with Crippen molar-refractivity contribution in [3.63, 3.8) is 0 Å². The zero-order valence-electron chi connectivity index (χ0n) is 8.20. The molecule has 1 rings (SSSR count). The number of hydrogen-bond donors (Lipinski definition) is 1. The average Bonchev–Trinajstić information content (AvgIpc) is 2.31. The van der Waals surface area contributed by atoms with Crippen molar-refractivity contribution >= 4 is 0 Å². The summed E-state index contributed by atoms with van der Waals surface area (Å²) in [5, 5.41) is 0. The van der Waals surface area contributed by atoms with Crippen molar-refractivity contribution in [1.82, 2.24) is 9.55 Å². The summed E-state index contributed by atoms with van der Waals surface area (Å²) in [6, 6.07) is -0.00231. The number of aryl methyl sites for hydroxylation is 1. The SMILES string of the molecule is Cn1ccnc1C(N)C(C)(C)C. The van der Waals surface area contributed by atoms with Gasteiger partial charge in [0, 0.05) is 19.4 Å². The largest absolute Gasteiger partial charge is 0.337 e. The fourth-order valence-electron chi connectivity index (χ4n) is 1.06. The molecule has 0 spiro atoms. The van der Waals surface area contributed by atoms with E-state index in [0.717, 1.165) is 5.82 Å². The molecule has 0 saturated carbocycles. The minimum atomic E-state index is -0.00231. The minimum absolute atomic E-state index is 0.00231. The van der Waals surface area contributed by atoms with Crippen LogP contribution in [0.1, 0.15) is 32.6 Å². The van der Waals surface area contributed by atoms with E-state index in [1.165, 1.54) is 0 Å². The van der Waals surface area contributed by atoms with Crippen LogP contribution in [-0.2, 0) is 7.05 Å². The minimum Gasteiger partial charge on any atom is -0.337 e. The van der Waals surface area contributed by atoms with E-state index in [0.29, 0.717) is 0 Å². The van der Waals surface area contributed by atoms with E-state index in [4.69, 9.17) is 5.73 Å². The van der Waals surface area contributed by atoms with Crippen LogP contribution >= 0.6 is 0 Å². The molecule has 0 aromatic carbocycles. The van der Waals surface area contributed by atoms with Gasteiger partial charge in [0.25, 0.3) is 0 Å². The van der Waals surface area contributed by atoms with E-state index in [1.807, 2.05) is 17.8 Å². The van der Waals surface area contributed by atoms with Crippen molar-refractivity contribution in [2.24, 2.45) is 18.2 Å². The quantitative estimate of drug-likeness (QED) is 0.688. The standard InChI is InChI=1S/C9H17N3/c1-9(2,3)7(10)8-11-5-6-12(8)4/h5-7H,10H2,1-4H3. The molecule has 12 heavy (non-hydrogen) atoms. The molecule has 0 fully saturated rings. The maximum atomic E-state index is 6.03. The molecule has 1 aromatic heterocycles. The number of aromatic nitrogens is 2. The fraction of sp³-hybridized carbons (Fsp3) is 0.667. The Kier molecular flexibility index (Phi) is 2.24. The predicted molar refractivity (Wildman–Crippen MR) is 49.6 cm³/mol. The maximum absolute atomic E-state index is 6.03. The first kappa shape index (κ1) is 9.26. The third-order valence-electron chi connectivity index (χ3n) is 2.07. The molecule has 0 radical (unpaired) electrons. The van der Waals surface area contributed by atoms with Gasteiger partial charge in [0.05, 0.1) is 6.04 Å². The molecule has 3 heteroatoms. The van der Waals surface area contributed by atoms with Gasteiger partial charge >= 0.3 is 0 Å². The molecular weight excluding hydrogens is 150 g/mol. The third-order valence-corrected chi connectivity index (χ3v) is 2.07. The van der Waals surface area contributed by atoms with Crippen LogP contribution in [0, 0.1) is 5.41 Å². The van der Waals surface area contributed by atoms with Gasteiger partial charge in [-0.3, -0.25) is 0 Å². The molecule has 3 nitrogen and oxygen atoms in total. The highest BCUT2D eigenvalue weighted by molar-refractivity contribution is 5.01. The van der Waals surface area contributed by atoms with Crippen molar-refractivity contribution in [2.45, 2.75) is 26.8 Å². The van der Waals surface area contributed by atoms with Crippen LogP contribution < -0.4 is 5.73 Å².